The summed E-state index contributed by atoms with van der Waals surface area (Å²) in [6, 6.07) is 6.39. The Labute approximate surface area is 96.0 Å². The molecule has 1 aromatic rings. The third kappa shape index (κ3) is 3.97. The van der Waals surface area contributed by atoms with Crippen LogP contribution in [0.4, 0.5) is 4.39 Å². The maximum Gasteiger partial charge on any atom is 0.143 e. The van der Waals surface area contributed by atoms with Crippen LogP contribution in [-0.2, 0) is 4.79 Å². The first-order chi connectivity index (χ1) is 7.77. The fraction of sp³-hybridized carbons (Fsp3) is 0.357. The predicted octanol–water partition coefficient (Wildman–Crippen LogP) is 3.99. The third-order valence-electron chi connectivity index (χ3n) is 2.51. The lowest BCUT2D eigenvalue weighted by Gasteiger charge is -2.06. The molecule has 0 atom stereocenters. The van der Waals surface area contributed by atoms with Crippen molar-refractivity contribution < 1.29 is 9.18 Å². The minimum absolute atomic E-state index is 0.259. The van der Waals surface area contributed by atoms with Crippen molar-refractivity contribution in [3.8, 4) is 0 Å². The Balaban J connectivity index is 2.77. The van der Waals surface area contributed by atoms with Crippen molar-refractivity contribution in [2.24, 2.45) is 0 Å². The van der Waals surface area contributed by atoms with Gasteiger partial charge in [-0.15, -0.1) is 0 Å². The second-order valence-electron chi connectivity index (χ2n) is 3.80. The van der Waals surface area contributed by atoms with Gasteiger partial charge < -0.3 is 0 Å². The lowest BCUT2D eigenvalue weighted by atomic mass is 9.99. The molecule has 0 aliphatic carbocycles. The van der Waals surface area contributed by atoms with Crippen LogP contribution in [-0.4, -0.2) is 6.29 Å². The summed E-state index contributed by atoms with van der Waals surface area (Å²) in [5, 5.41) is 0. The maximum absolute atomic E-state index is 13.0. The van der Waals surface area contributed by atoms with Crippen LogP contribution >= 0.6 is 0 Å². The van der Waals surface area contributed by atoms with Crippen LogP contribution < -0.4 is 0 Å². The molecule has 1 nitrogen and oxygen atoms in total. The van der Waals surface area contributed by atoms with Gasteiger partial charge in [-0.2, -0.15) is 0 Å². The summed E-state index contributed by atoms with van der Waals surface area (Å²) < 4.78 is 13.0. The highest BCUT2D eigenvalue weighted by Crippen LogP contribution is 2.21. The standard InChI is InChI=1S/C14H17FO/c1-2-3-4-6-12(9-10-16)13-7-5-8-14(15)11-13/h5,7-11H,2-4,6H2,1H3/b12-9+. The number of allylic oxidation sites excluding steroid dienone is 2. The van der Waals surface area contributed by atoms with Crippen molar-refractivity contribution in [3.05, 3.63) is 41.7 Å². The Bertz CT molecular complexity index is 369. The number of hydrogen-bond acceptors (Lipinski definition) is 1. The molecule has 0 saturated carbocycles. The fourth-order valence-electron chi connectivity index (χ4n) is 1.66. The SMILES string of the molecule is CCCCC/C(=C\C=O)c1cccc(F)c1. The van der Waals surface area contributed by atoms with Gasteiger partial charge in [-0.05, 0) is 42.2 Å². The van der Waals surface area contributed by atoms with Crippen molar-refractivity contribution in [1.29, 1.82) is 0 Å². The molecule has 0 radical (unpaired) electrons. The molecule has 0 bridgehead atoms. The molecule has 0 aromatic heterocycles. The zero-order valence-corrected chi connectivity index (χ0v) is 9.58. The Morgan fingerprint density at radius 3 is 2.81 bits per heavy atom. The minimum Gasteiger partial charge on any atom is -0.299 e. The van der Waals surface area contributed by atoms with Crippen LogP contribution in [0.1, 0.15) is 38.2 Å². The average molecular weight is 220 g/mol. The predicted molar refractivity (Wildman–Crippen MR) is 64.6 cm³/mol. The maximum atomic E-state index is 13.0. The highest BCUT2D eigenvalue weighted by Gasteiger charge is 2.02. The molecule has 0 aliphatic rings. The molecular weight excluding hydrogens is 203 g/mol. The number of benzene rings is 1. The monoisotopic (exact) mass is 220 g/mol. The summed E-state index contributed by atoms with van der Waals surface area (Å²) in [5.74, 6) is -0.259. The second-order valence-corrected chi connectivity index (χ2v) is 3.80. The van der Waals surface area contributed by atoms with Gasteiger partial charge >= 0.3 is 0 Å². The molecule has 1 rings (SSSR count). The summed E-state index contributed by atoms with van der Waals surface area (Å²) in [4.78, 5) is 10.5. The van der Waals surface area contributed by atoms with E-state index in [-0.39, 0.29) is 5.82 Å². The molecule has 16 heavy (non-hydrogen) atoms. The molecule has 0 saturated heterocycles. The van der Waals surface area contributed by atoms with Gasteiger partial charge in [-0.3, -0.25) is 4.79 Å². The number of hydrogen-bond donors (Lipinski definition) is 0. The summed E-state index contributed by atoms with van der Waals surface area (Å²) in [5.41, 5.74) is 1.73. The lowest BCUT2D eigenvalue weighted by Crippen LogP contribution is -1.88. The van der Waals surface area contributed by atoms with Gasteiger partial charge in [-0.1, -0.05) is 31.9 Å². The van der Waals surface area contributed by atoms with E-state index < -0.39 is 0 Å². The molecule has 86 valence electrons. The molecule has 1 aromatic carbocycles. The number of halogens is 1. The van der Waals surface area contributed by atoms with E-state index >= 15 is 0 Å². The van der Waals surface area contributed by atoms with E-state index in [2.05, 4.69) is 6.92 Å². The van der Waals surface area contributed by atoms with E-state index in [0.717, 1.165) is 43.1 Å². The highest BCUT2D eigenvalue weighted by molar-refractivity contribution is 5.81. The van der Waals surface area contributed by atoms with Crippen LogP contribution in [0.25, 0.3) is 5.57 Å². The van der Waals surface area contributed by atoms with Gasteiger partial charge in [0.05, 0.1) is 0 Å². The van der Waals surface area contributed by atoms with Crippen molar-refractivity contribution >= 4 is 11.9 Å². The van der Waals surface area contributed by atoms with E-state index in [1.165, 1.54) is 18.2 Å². The third-order valence-corrected chi connectivity index (χ3v) is 2.51. The second kappa shape index (κ2) is 6.94. The Morgan fingerprint density at radius 1 is 1.38 bits per heavy atom. The van der Waals surface area contributed by atoms with Crippen molar-refractivity contribution in [1.82, 2.24) is 0 Å². The van der Waals surface area contributed by atoms with Crippen molar-refractivity contribution in [3.63, 3.8) is 0 Å². The number of unbranched alkanes of at least 4 members (excludes halogenated alkanes) is 2. The lowest BCUT2D eigenvalue weighted by molar-refractivity contribution is -0.104. The number of rotatable bonds is 6. The van der Waals surface area contributed by atoms with Gasteiger partial charge in [-0.25, -0.2) is 4.39 Å². The summed E-state index contributed by atoms with van der Waals surface area (Å²) in [6.45, 7) is 2.13. The molecule has 0 N–H and O–H groups in total. The highest BCUT2D eigenvalue weighted by atomic mass is 19.1. The van der Waals surface area contributed by atoms with Crippen LogP contribution in [0.15, 0.2) is 30.3 Å². The number of carbonyl (C=O) groups excluding carboxylic acids is 1. The Hall–Kier alpha value is -1.44. The van der Waals surface area contributed by atoms with Gasteiger partial charge in [0.2, 0.25) is 0 Å². The first kappa shape index (κ1) is 12.6. The summed E-state index contributed by atoms with van der Waals surface area (Å²) in [6.07, 6.45) is 6.43. The molecule has 0 fully saturated rings. The van der Waals surface area contributed by atoms with Gasteiger partial charge in [0.25, 0.3) is 0 Å². The molecule has 2 heteroatoms. The average Bonchev–Trinajstić information content (AvgIpc) is 2.28. The van der Waals surface area contributed by atoms with Crippen LogP contribution in [0.3, 0.4) is 0 Å². The van der Waals surface area contributed by atoms with Gasteiger partial charge in [0, 0.05) is 0 Å². The largest absolute Gasteiger partial charge is 0.299 e. The molecular formula is C14H17FO. The molecule has 0 aliphatic heterocycles. The van der Waals surface area contributed by atoms with Gasteiger partial charge in [0.15, 0.2) is 0 Å². The van der Waals surface area contributed by atoms with E-state index in [1.807, 2.05) is 6.07 Å². The summed E-state index contributed by atoms with van der Waals surface area (Å²) in [7, 11) is 0. The Kier molecular flexibility index (Phi) is 5.48. The van der Waals surface area contributed by atoms with Crippen LogP contribution in [0, 0.1) is 5.82 Å². The topological polar surface area (TPSA) is 17.1 Å². The first-order valence-electron chi connectivity index (χ1n) is 5.68. The van der Waals surface area contributed by atoms with Crippen LogP contribution in [0.5, 0.6) is 0 Å². The van der Waals surface area contributed by atoms with Crippen LogP contribution in [0.2, 0.25) is 0 Å². The minimum atomic E-state index is -0.259. The fourth-order valence-corrected chi connectivity index (χ4v) is 1.66. The molecule has 0 spiro atoms. The van der Waals surface area contributed by atoms with E-state index in [9.17, 15) is 9.18 Å². The molecule has 0 unspecified atom stereocenters. The van der Waals surface area contributed by atoms with E-state index in [1.54, 1.807) is 6.07 Å². The van der Waals surface area contributed by atoms with Crippen molar-refractivity contribution in [2.45, 2.75) is 32.6 Å². The quantitative estimate of drug-likeness (QED) is 0.402. The zero-order valence-electron chi connectivity index (χ0n) is 9.58. The summed E-state index contributed by atoms with van der Waals surface area (Å²) >= 11 is 0. The normalized spacial score (nSPS) is 11.5. The number of carbonyl (C=O) groups is 1. The zero-order chi connectivity index (χ0) is 11.8. The first-order valence-corrected chi connectivity index (χ1v) is 5.68. The smallest absolute Gasteiger partial charge is 0.143 e. The Morgan fingerprint density at radius 2 is 2.19 bits per heavy atom. The molecule has 0 amide bonds. The van der Waals surface area contributed by atoms with Crippen molar-refractivity contribution in [2.75, 3.05) is 0 Å². The van der Waals surface area contributed by atoms with E-state index in [4.69, 9.17) is 0 Å². The van der Waals surface area contributed by atoms with E-state index in [0.29, 0.717) is 0 Å². The molecule has 0 heterocycles. The number of aldehydes is 1. The van der Waals surface area contributed by atoms with Gasteiger partial charge in [0.1, 0.15) is 12.1 Å².